The van der Waals surface area contributed by atoms with Crippen LogP contribution < -0.4 is 5.32 Å². The molecule has 0 fully saturated rings. The van der Waals surface area contributed by atoms with Crippen molar-refractivity contribution in [2.45, 2.75) is 11.8 Å². The van der Waals surface area contributed by atoms with E-state index in [0.717, 1.165) is 10.6 Å². The second-order valence-corrected chi connectivity index (χ2v) is 8.67. The van der Waals surface area contributed by atoms with Crippen molar-refractivity contribution >= 4 is 25.7 Å². The van der Waals surface area contributed by atoms with E-state index in [2.05, 4.69) is 10.3 Å². The zero-order valence-corrected chi connectivity index (χ0v) is 13.3. The maximum Gasteiger partial charge on any atom is 0.243 e. The Morgan fingerprint density at radius 2 is 1.95 bits per heavy atom. The summed E-state index contributed by atoms with van der Waals surface area (Å²) in [7, 11) is -5.57. The fraction of sp³-hybridized carbons (Fsp3) is 0.545. The van der Waals surface area contributed by atoms with Gasteiger partial charge in [0.15, 0.2) is 0 Å². The van der Waals surface area contributed by atoms with Crippen LogP contribution in [0.15, 0.2) is 23.2 Å². The maximum atomic E-state index is 12.3. The van der Waals surface area contributed by atoms with Gasteiger partial charge in [0.2, 0.25) is 10.0 Å². The summed E-state index contributed by atoms with van der Waals surface area (Å²) in [6.45, 7) is 2.42. The maximum absolute atomic E-state index is 12.3. The molecule has 0 saturated carbocycles. The summed E-state index contributed by atoms with van der Waals surface area (Å²) in [5.74, 6) is 0.249. The number of nitrogens with one attached hydrogen (secondary N) is 1. The second kappa shape index (κ2) is 6.51. The van der Waals surface area contributed by atoms with Gasteiger partial charge in [0.1, 0.15) is 15.7 Å². The Hall–Kier alpha value is -1.19. The summed E-state index contributed by atoms with van der Waals surface area (Å²) in [6.07, 6.45) is 2.47. The first-order valence-corrected chi connectivity index (χ1v) is 9.51. The highest BCUT2D eigenvalue weighted by atomic mass is 32.2. The van der Waals surface area contributed by atoms with E-state index in [1.54, 1.807) is 0 Å². The van der Waals surface area contributed by atoms with Gasteiger partial charge in [-0.3, -0.25) is 0 Å². The SMILES string of the molecule is CCNc1cc(S(=O)(=O)N(C)CCS(C)(=O)=O)ccn1. The van der Waals surface area contributed by atoms with E-state index in [9.17, 15) is 16.8 Å². The van der Waals surface area contributed by atoms with Crippen LogP contribution in [0, 0.1) is 0 Å². The molecule has 0 unspecified atom stereocenters. The Bertz CT molecular complexity index is 656. The van der Waals surface area contributed by atoms with E-state index in [1.165, 1.54) is 25.4 Å². The van der Waals surface area contributed by atoms with Gasteiger partial charge in [-0.15, -0.1) is 0 Å². The molecule has 20 heavy (non-hydrogen) atoms. The number of hydrogen-bond donors (Lipinski definition) is 1. The molecule has 1 N–H and O–H groups in total. The number of rotatable bonds is 7. The molecule has 0 amide bonds. The van der Waals surface area contributed by atoms with E-state index >= 15 is 0 Å². The molecule has 1 rings (SSSR count). The number of aromatic nitrogens is 1. The first-order valence-electron chi connectivity index (χ1n) is 6.01. The largest absolute Gasteiger partial charge is 0.370 e. The molecule has 0 aliphatic heterocycles. The van der Waals surface area contributed by atoms with Crippen molar-refractivity contribution in [2.24, 2.45) is 0 Å². The standard InChI is InChI=1S/C11H19N3O4S2/c1-4-12-11-9-10(5-6-13-11)20(17,18)14(2)7-8-19(3,15)16/h5-6,9H,4,7-8H2,1-3H3,(H,12,13). The van der Waals surface area contributed by atoms with Crippen LogP contribution in [0.25, 0.3) is 0 Å². The van der Waals surface area contributed by atoms with Crippen LogP contribution in [0.5, 0.6) is 0 Å². The molecule has 0 bridgehead atoms. The normalized spacial score (nSPS) is 12.6. The lowest BCUT2D eigenvalue weighted by atomic mass is 10.4. The average molecular weight is 321 g/mol. The predicted molar refractivity (Wildman–Crippen MR) is 77.9 cm³/mol. The lowest BCUT2D eigenvalue weighted by Gasteiger charge is -2.17. The summed E-state index contributed by atoms with van der Waals surface area (Å²) < 4.78 is 47.8. The monoisotopic (exact) mass is 321 g/mol. The van der Waals surface area contributed by atoms with Crippen molar-refractivity contribution < 1.29 is 16.8 Å². The zero-order valence-electron chi connectivity index (χ0n) is 11.7. The third-order valence-electron chi connectivity index (χ3n) is 2.57. The number of nitrogens with zero attached hydrogens (tertiary/aromatic N) is 2. The van der Waals surface area contributed by atoms with Gasteiger partial charge in [0, 0.05) is 38.7 Å². The van der Waals surface area contributed by atoms with Gasteiger partial charge < -0.3 is 5.32 Å². The minimum absolute atomic E-state index is 0.0828. The van der Waals surface area contributed by atoms with Gasteiger partial charge in [-0.05, 0) is 13.0 Å². The third-order valence-corrected chi connectivity index (χ3v) is 5.35. The predicted octanol–water partition coefficient (Wildman–Crippen LogP) is 0.179. The van der Waals surface area contributed by atoms with Crippen molar-refractivity contribution in [1.29, 1.82) is 0 Å². The summed E-state index contributed by atoms with van der Waals surface area (Å²) in [5.41, 5.74) is 0. The van der Waals surface area contributed by atoms with Crippen molar-refractivity contribution in [3.05, 3.63) is 18.3 Å². The van der Waals surface area contributed by atoms with E-state index in [4.69, 9.17) is 0 Å². The van der Waals surface area contributed by atoms with Crippen LogP contribution in [-0.4, -0.2) is 58.3 Å². The van der Waals surface area contributed by atoms with Crippen molar-refractivity contribution in [2.75, 3.05) is 37.5 Å². The number of pyridine rings is 1. The first kappa shape index (κ1) is 16.9. The smallest absolute Gasteiger partial charge is 0.243 e. The molecular formula is C11H19N3O4S2. The van der Waals surface area contributed by atoms with Crippen LogP contribution in [0.1, 0.15) is 6.92 Å². The number of sulfone groups is 1. The summed E-state index contributed by atoms with van der Waals surface area (Å²) in [4.78, 5) is 4.08. The molecule has 0 atom stereocenters. The van der Waals surface area contributed by atoms with Crippen LogP contribution >= 0.6 is 0 Å². The fourth-order valence-corrected chi connectivity index (χ4v) is 3.35. The molecule has 0 spiro atoms. The Kier molecular flexibility index (Phi) is 5.49. The van der Waals surface area contributed by atoms with Gasteiger partial charge >= 0.3 is 0 Å². The van der Waals surface area contributed by atoms with E-state index < -0.39 is 19.9 Å². The van der Waals surface area contributed by atoms with Crippen LogP contribution in [0.2, 0.25) is 0 Å². The second-order valence-electron chi connectivity index (χ2n) is 4.36. The van der Waals surface area contributed by atoms with E-state index in [-0.39, 0.29) is 17.2 Å². The molecule has 0 saturated heterocycles. The number of sulfonamides is 1. The van der Waals surface area contributed by atoms with Gasteiger partial charge in [-0.1, -0.05) is 0 Å². The number of hydrogen-bond acceptors (Lipinski definition) is 6. The molecule has 0 aliphatic rings. The van der Waals surface area contributed by atoms with Crippen LogP contribution in [0.4, 0.5) is 5.82 Å². The molecule has 1 aromatic heterocycles. The molecule has 0 aliphatic carbocycles. The lowest BCUT2D eigenvalue weighted by Crippen LogP contribution is -2.31. The van der Waals surface area contributed by atoms with E-state index in [1.807, 2.05) is 6.92 Å². The minimum Gasteiger partial charge on any atom is -0.370 e. The lowest BCUT2D eigenvalue weighted by molar-refractivity contribution is 0.484. The van der Waals surface area contributed by atoms with Gasteiger partial charge in [0.25, 0.3) is 0 Å². The molecular weight excluding hydrogens is 302 g/mol. The third kappa shape index (κ3) is 4.73. The van der Waals surface area contributed by atoms with E-state index in [0.29, 0.717) is 12.4 Å². The minimum atomic E-state index is -3.71. The molecule has 0 aromatic carbocycles. The summed E-state index contributed by atoms with van der Waals surface area (Å²) >= 11 is 0. The van der Waals surface area contributed by atoms with Gasteiger partial charge in [-0.2, -0.15) is 4.31 Å². The molecule has 1 aromatic rings. The quantitative estimate of drug-likeness (QED) is 0.769. The molecule has 0 radical (unpaired) electrons. The highest BCUT2D eigenvalue weighted by Gasteiger charge is 2.22. The van der Waals surface area contributed by atoms with Gasteiger partial charge in [-0.25, -0.2) is 21.8 Å². The zero-order chi connectivity index (χ0) is 15.4. The Morgan fingerprint density at radius 3 is 2.50 bits per heavy atom. The summed E-state index contributed by atoms with van der Waals surface area (Å²) in [5, 5.41) is 2.93. The highest BCUT2D eigenvalue weighted by Crippen LogP contribution is 2.16. The van der Waals surface area contributed by atoms with Crippen molar-refractivity contribution in [3.8, 4) is 0 Å². The van der Waals surface area contributed by atoms with Gasteiger partial charge in [0.05, 0.1) is 10.6 Å². The van der Waals surface area contributed by atoms with Crippen molar-refractivity contribution in [3.63, 3.8) is 0 Å². The molecule has 7 nitrogen and oxygen atoms in total. The topological polar surface area (TPSA) is 96.4 Å². The van der Waals surface area contributed by atoms with Crippen molar-refractivity contribution in [1.82, 2.24) is 9.29 Å². The Morgan fingerprint density at radius 1 is 1.30 bits per heavy atom. The fourth-order valence-electron chi connectivity index (χ4n) is 1.44. The highest BCUT2D eigenvalue weighted by molar-refractivity contribution is 7.91. The number of anilines is 1. The average Bonchev–Trinajstić information content (AvgIpc) is 2.35. The van der Waals surface area contributed by atoms with Crippen LogP contribution in [0.3, 0.4) is 0 Å². The molecule has 9 heteroatoms. The molecule has 1 heterocycles. The van der Waals surface area contributed by atoms with Crippen LogP contribution in [-0.2, 0) is 19.9 Å². The Balaban J connectivity index is 2.95. The molecule has 114 valence electrons. The summed E-state index contributed by atoms with van der Waals surface area (Å²) in [6, 6.07) is 2.81. The Labute approximate surface area is 120 Å². The first-order chi connectivity index (χ1) is 9.16.